The van der Waals surface area contributed by atoms with Crippen molar-refractivity contribution in [2.24, 2.45) is 0 Å². The van der Waals surface area contributed by atoms with E-state index in [1.807, 2.05) is 17.0 Å². The van der Waals surface area contributed by atoms with E-state index in [2.05, 4.69) is 16.6 Å². The van der Waals surface area contributed by atoms with Gasteiger partial charge in [-0.05, 0) is 44.2 Å². The monoisotopic (exact) mass is 524 g/mol. The third kappa shape index (κ3) is 6.07. The van der Waals surface area contributed by atoms with Gasteiger partial charge in [0.15, 0.2) is 0 Å². The zero-order chi connectivity index (χ0) is 27.1. The number of amides is 4. The second-order valence-corrected chi connectivity index (χ2v) is 10.2. The van der Waals surface area contributed by atoms with Gasteiger partial charge in [-0.1, -0.05) is 44.6 Å². The van der Waals surface area contributed by atoms with Crippen molar-refractivity contribution in [3.63, 3.8) is 0 Å². The Kier molecular flexibility index (Phi) is 9.18. The summed E-state index contributed by atoms with van der Waals surface area (Å²) in [6.45, 7) is 1.06. The summed E-state index contributed by atoms with van der Waals surface area (Å²) in [4.78, 5) is 63.5. The summed E-state index contributed by atoms with van der Waals surface area (Å²) in [6.07, 6.45) is 8.93. The number of allylic oxidation sites excluding steroid dienone is 1. The lowest BCUT2D eigenvalue weighted by Gasteiger charge is -2.39. The van der Waals surface area contributed by atoms with Crippen molar-refractivity contribution < 1.29 is 29.1 Å². The predicted octanol–water partition coefficient (Wildman–Crippen LogP) is 3.69. The number of nitrogens with zero attached hydrogens (tertiary/aromatic N) is 2. The van der Waals surface area contributed by atoms with E-state index in [0.717, 1.165) is 62.6 Å². The topological polar surface area (TPSA) is 136 Å². The molecule has 4 amide bonds. The molecule has 0 spiro atoms. The molecule has 1 fully saturated rings. The first-order chi connectivity index (χ1) is 18.4. The summed E-state index contributed by atoms with van der Waals surface area (Å²) in [5.41, 5.74) is 2.85. The molecule has 1 aromatic carbocycles. The van der Waals surface area contributed by atoms with Gasteiger partial charge in [0.05, 0.1) is 6.04 Å². The van der Waals surface area contributed by atoms with Gasteiger partial charge in [-0.15, -0.1) is 0 Å². The number of unbranched alkanes of at least 4 members (excludes halogenated alkanes) is 7. The van der Waals surface area contributed by atoms with E-state index in [-0.39, 0.29) is 24.3 Å². The first-order valence-electron chi connectivity index (χ1n) is 13.7. The number of hydrogen-bond donors (Lipinski definition) is 3. The number of carboxylic acid groups (broad SMARTS) is 1. The molecule has 1 saturated heterocycles. The lowest BCUT2D eigenvalue weighted by atomic mass is 9.93. The third-order valence-corrected chi connectivity index (χ3v) is 7.74. The lowest BCUT2D eigenvalue weighted by molar-refractivity contribution is -0.137. The van der Waals surface area contributed by atoms with E-state index < -0.39 is 18.0 Å². The fraction of sp³-hybridized carbons (Fsp3) is 0.571. The van der Waals surface area contributed by atoms with Gasteiger partial charge in [-0.2, -0.15) is 0 Å². The largest absolute Gasteiger partial charge is 0.465 e. The molecule has 3 heterocycles. The quantitative estimate of drug-likeness (QED) is 0.203. The number of carbonyl (C=O) groups is 4. The Morgan fingerprint density at radius 2 is 1.71 bits per heavy atom. The van der Waals surface area contributed by atoms with Crippen molar-refractivity contribution in [3.05, 3.63) is 35.0 Å². The Morgan fingerprint density at radius 1 is 1.00 bits per heavy atom. The smallest absolute Gasteiger partial charge is 0.404 e. The van der Waals surface area contributed by atoms with E-state index >= 15 is 0 Å². The van der Waals surface area contributed by atoms with Crippen LogP contribution in [0.3, 0.4) is 0 Å². The van der Waals surface area contributed by atoms with Gasteiger partial charge in [0, 0.05) is 36.3 Å². The normalized spacial score (nSPS) is 20.2. The van der Waals surface area contributed by atoms with Gasteiger partial charge in [0.2, 0.25) is 11.8 Å². The number of piperidine rings is 1. The van der Waals surface area contributed by atoms with E-state index in [1.165, 1.54) is 0 Å². The molecule has 3 aliphatic heterocycles. The molecular formula is C28H36N4O6. The van der Waals surface area contributed by atoms with Gasteiger partial charge >= 0.3 is 6.09 Å². The van der Waals surface area contributed by atoms with Crippen molar-refractivity contribution >= 4 is 35.4 Å². The highest BCUT2D eigenvalue weighted by Gasteiger charge is 2.47. The van der Waals surface area contributed by atoms with E-state index in [0.29, 0.717) is 43.6 Å². The molecule has 0 saturated carbocycles. The van der Waals surface area contributed by atoms with Gasteiger partial charge in [0.1, 0.15) is 17.7 Å². The van der Waals surface area contributed by atoms with Crippen LogP contribution < -0.4 is 15.5 Å². The molecular weight excluding hydrogens is 488 g/mol. The van der Waals surface area contributed by atoms with Crippen LogP contribution >= 0.6 is 0 Å². The molecule has 2 unspecified atom stereocenters. The van der Waals surface area contributed by atoms with Crippen molar-refractivity contribution in [2.45, 2.75) is 89.1 Å². The number of imide groups is 1. The second kappa shape index (κ2) is 12.7. The molecule has 0 bridgehead atoms. The lowest BCUT2D eigenvalue weighted by Crippen LogP contribution is -2.54. The molecule has 3 aliphatic rings. The summed E-state index contributed by atoms with van der Waals surface area (Å²) in [6, 6.07) is 4.60. The van der Waals surface area contributed by atoms with Crippen LogP contribution in [-0.4, -0.2) is 58.9 Å². The van der Waals surface area contributed by atoms with Crippen LogP contribution in [0.1, 0.15) is 99.0 Å². The van der Waals surface area contributed by atoms with Crippen LogP contribution in [0.4, 0.5) is 10.5 Å². The highest BCUT2D eigenvalue weighted by atomic mass is 16.4. The van der Waals surface area contributed by atoms with Crippen molar-refractivity contribution in [3.8, 4) is 0 Å². The maximum absolute atomic E-state index is 13.3. The summed E-state index contributed by atoms with van der Waals surface area (Å²) >= 11 is 0. The number of anilines is 1. The molecule has 1 aromatic rings. The van der Waals surface area contributed by atoms with Crippen LogP contribution in [-0.2, 0) is 14.4 Å². The van der Waals surface area contributed by atoms with Crippen LogP contribution in [0.2, 0.25) is 0 Å². The highest BCUT2D eigenvalue weighted by molar-refractivity contribution is 6.07. The molecule has 10 nitrogen and oxygen atoms in total. The molecule has 0 aromatic heterocycles. The number of carbonyl (C=O) groups excluding carboxylic acids is 4. The van der Waals surface area contributed by atoms with Crippen LogP contribution in [0.25, 0.3) is 0 Å². The Labute approximate surface area is 222 Å². The summed E-state index contributed by atoms with van der Waals surface area (Å²) < 4.78 is 0. The minimum Gasteiger partial charge on any atom is -0.465 e. The van der Waals surface area contributed by atoms with Crippen LogP contribution in [0.15, 0.2) is 23.9 Å². The van der Waals surface area contributed by atoms with Crippen LogP contribution in [0.5, 0.6) is 0 Å². The standard InChI is InChI=1S/C28H36N4O6/c33-18-19(10-7-5-3-1-2-4-6-8-16-29-28(37)38)31-17-15-22-25-20(11-9-12-21(25)31)27(36)32(22)23-13-14-24(34)30-26(23)35/h9,11-12,22-23,29H,1-8,10,13-17H2,(H,37,38)(H,30,34,35). The van der Waals surface area contributed by atoms with E-state index in [4.69, 9.17) is 5.11 Å². The zero-order valence-corrected chi connectivity index (χ0v) is 21.7. The van der Waals surface area contributed by atoms with Crippen molar-refractivity contribution in [1.82, 2.24) is 15.5 Å². The van der Waals surface area contributed by atoms with E-state index in [9.17, 15) is 24.0 Å². The van der Waals surface area contributed by atoms with Gasteiger partial charge in [-0.3, -0.25) is 19.7 Å². The molecule has 38 heavy (non-hydrogen) atoms. The Morgan fingerprint density at radius 3 is 2.39 bits per heavy atom. The van der Waals surface area contributed by atoms with Gasteiger partial charge < -0.3 is 20.2 Å². The Balaban J connectivity index is 1.29. The first kappa shape index (κ1) is 27.4. The van der Waals surface area contributed by atoms with E-state index in [1.54, 1.807) is 11.0 Å². The number of benzene rings is 1. The summed E-state index contributed by atoms with van der Waals surface area (Å²) in [7, 11) is 0. The minimum atomic E-state index is -0.975. The number of rotatable bonds is 13. The zero-order valence-electron chi connectivity index (χ0n) is 21.7. The number of hydrogen-bond acceptors (Lipinski definition) is 6. The minimum absolute atomic E-state index is 0.196. The maximum atomic E-state index is 13.3. The fourth-order valence-electron chi connectivity index (χ4n) is 5.90. The molecule has 0 radical (unpaired) electrons. The van der Waals surface area contributed by atoms with Gasteiger partial charge in [-0.25, -0.2) is 9.59 Å². The second-order valence-electron chi connectivity index (χ2n) is 10.2. The molecule has 2 atom stereocenters. The van der Waals surface area contributed by atoms with Crippen molar-refractivity contribution in [2.75, 3.05) is 18.0 Å². The highest BCUT2D eigenvalue weighted by Crippen LogP contribution is 2.47. The van der Waals surface area contributed by atoms with Gasteiger partial charge in [0.25, 0.3) is 5.91 Å². The fourth-order valence-corrected chi connectivity index (χ4v) is 5.90. The Hall–Kier alpha value is -3.65. The molecule has 3 N–H and O–H groups in total. The van der Waals surface area contributed by atoms with Crippen molar-refractivity contribution in [1.29, 1.82) is 0 Å². The predicted molar refractivity (Wildman–Crippen MR) is 140 cm³/mol. The summed E-state index contributed by atoms with van der Waals surface area (Å²) in [5, 5.41) is 13.3. The number of nitrogens with one attached hydrogen (secondary N) is 2. The SMILES string of the molecule is O=C=C(CCCCCCCCCCNC(=O)O)N1CCC2c3c(cccc31)C(=O)N2C1CCC(=O)NC1=O. The molecule has 0 aliphatic carbocycles. The molecule has 204 valence electrons. The maximum Gasteiger partial charge on any atom is 0.404 e. The third-order valence-electron chi connectivity index (χ3n) is 7.74. The molecule has 10 heteroatoms. The van der Waals surface area contributed by atoms with Crippen LogP contribution in [0, 0.1) is 0 Å². The average molecular weight is 525 g/mol. The molecule has 4 rings (SSSR count). The summed E-state index contributed by atoms with van der Waals surface area (Å²) in [5.74, 6) is 1.22. The average Bonchev–Trinajstić information content (AvgIpc) is 3.18. The Bertz CT molecular complexity index is 1130. The first-order valence-corrected chi connectivity index (χ1v) is 13.7.